The zero-order chi connectivity index (χ0) is 18.5. The highest BCUT2D eigenvalue weighted by Crippen LogP contribution is 2.28. The summed E-state index contributed by atoms with van der Waals surface area (Å²) in [5, 5.41) is 4.16. The van der Waals surface area contributed by atoms with E-state index in [0.717, 1.165) is 42.5 Å². The normalized spacial score (nSPS) is 21.0. The average molecular weight is 371 g/mol. The third-order valence-corrected chi connectivity index (χ3v) is 4.97. The van der Waals surface area contributed by atoms with Gasteiger partial charge in [-0.05, 0) is 55.5 Å². The first kappa shape index (κ1) is 18.4. The molecule has 5 nitrogen and oxygen atoms in total. The number of hydrogen-bond acceptors (Lipinski definition) is 4. The monoisotopic (exact) mass is 370 g/mol. The molecule has 0 atom stereocenters. The van der Waals surface area contributed by atoms with Crippen molar-refractivity contribution in [2.24, 2.45) is 11.5 Å². The molecule has 0 bridgehead atoms. The van der Waals surface area contributed by atoms with Crippen molar-refractivity contribution in [3.63, 3.8) is 0 Å². The number of nitrogens with one attached hydrogen (secondary N) is 1. The average Bonchev–Trinajstić information content (AvgIpc) is 2.65. The van der Waals surface area contributed by atoms with Gasteiger partial charge < -0.3 is 16.8 Å². The number of carbonyl (C=O) groups excluding carboxylic acids is 1. The smallest absolute Gasteiger partial charge is 0.251 e. The van der Waals surface area contributed by atoms with Crippen molar-refractivity contribution in [1.82, 2.24) is 10.3 Å². The molecule has 1 fully saturated rings. The fourth-order valence-electron chi connectivity index (χ4n) is 3.31. The lowest BCUT2D eigenvalue weighted by Gasteiger charge is -2.29. The van der Waals surface area contributed by atoms with Crippen molar-refractivity contribution in [2.75, 3.05) is 0 Å². The molecule has 0 unspecified atom stereocenters. The van der Waals surface area contributed by atoms with Crippen LogP contribution in [-0.2, 0) is 4.79 Å². The standard InChI is InChI=1S/C20H23ClN4O/c21-15-3-1-13(2-4-15)18(20(23)26)19(14-9-11-24-12-10-14)25-17-7-5-16(22)6-8-17/h1-4,9-12,16-17,25H,5-8,22H2,(H2,23,26)/b19-18-. The Bertz CT molecular complexity index is 781. The number of nitrogens with zero attached hydrogens (tertiary/aromatic N) is 1. The number of nitrogens with two attached hydrogens (primary N) is 2. The van der Waals surface area contributed by atoms with Crippen LogP contribution >= 0.6 is 11.6 Å². The summed E-state index contributed by atoms with van der Waals surface area (Å²) in [6.07, 6.45) is 7.26. The molecular weight excluding hydrogens is 348 g/mol. The van der Waals surface area contributed by atoms with Gasteiger partial charge in [0.15, 0.2) is 0 Å². The van der Waals surface area contributed by atoms with Gasteiger partial charge in [0.2, 0.25) is 0 Å². The molecule has 1 aromatic carbocycles. The second-order valence-corrected chi connectivity index (χ2v) is 7.05. The van der Waals surface area contributed by atoms with Crippen molar-refractivity contribution in [1.29, 1.82) is 0 Å². The first-order chi connectivity index (χ1) is 12.5. The van der Waals surface area contributed by atoms with Crippen LogP contribution < -0.4 is 16.8 Å². The molecule has 0 aliphatic heterocycles. The fourth-order valence-corrected chi connectivity index (χ4v) is 3.44. The van der Waals surface area contributed by atoms with Gasteiger partial charge in [-0.25, -0.2) is 0 Å². The summed E-state index contributed by atoms with van der Waals surface area (Å²) >= 11 is 5.99. The van der Waals surface area contributed by atoms with Gasteiger partial charge in [0.05, 0.1) is 11.3 Å². The van der Waals surface area contributed by atoms with Crippen LogP contribution in [0.15, 0.2) is 48.8 Å². The number of carbonyl (C=O) groups is 1. The van der Waals surface area contributed by atoms with E-state index >= 15 is 0 Å². The van der Waals surface area contributed by atoms with Gasteiger partial charge in [0, 0.05) is 35.1 Å². The van der Waals surface area contributed by atoms with Gasteiger partial charge in [-0.1, -0.05) is 23.7 Å². The summed E-state index contributed by atoms with van der Waals surface area (Å²) in [7, 11) is 0. The summed E-state index contributed by atoms with van der Waals surface area (Å²) in [5.41, 5.74) is 14.6. The topological polar surface area (TPSA) is 94.0 Å². The number of benzene rings is 1. The van der Waals surface area contributed by atoms with E-state index in [0.29, 0.717) is 10.6 Å². The molecular formula is C20H23ClN4O. The quantitative estimate of drug-likeness (QED) is 0.705. The largest absolute Gasteiger partial charge is 0.381 e. The lowest BCUT2D eigenvalue weighted by Crippen LogP contribution is -2.37. The number of pyridine rings is 1. The highest BCUT2D eigenvalue weighted by Gasteiger charge is 2.23. The lowest BCUT2D eigenvalue weighted by atomic mass is 9.90. The van der Waals surface area contributed by atoms with Gasteiger partial charge in [-0.2, -0.15) is 0 Å². The Labute approximate surface area is 158 Å². The molecule has 2 aromatic rings. The summed E-state index contributed by atoms with van der Waals surface area (Å²) in [6, 6.07) is 11.4. The summed E-state index contributed by atoms with van der Waals surface area (Å²) < 4.78 is 0. The molecule has 1 heterocycles. The minimum atomic E-state index is -0.487. The molecule has 1 aromatic heterocycles. The van der Waals surface area contributed by atoms with Gasteiger partial charge in [-0.15, -0.1) is 0 Å². The number of rotatable bonds is 5. The van der Waals surface area contributed by atoms with Crippen LogP contribution in [0.1, 0.15) is 36.8 Å². The number of primary amides is 1. The summed E-state index contributed by atoms with van der Waals surface area (Å²) in [5.74, 6) is -0.487. The van der Waals surface area contributed by atoms with Crippen LogP contribution in [-0.4, -0.2) is 23.0 Å². The van der Waals surface area contributed by atoms with Crippen LogP contribution in [0.25, 0.3) is 11.3 Å². The SMILES string of the molecule is NC(=O)/C(=C(\NC1CCC(N)CC1)c1ccncc1)c1ccc(Cl)cc1. The Morgan fingerprint density at radius 3 is 2.19 bits per heavy atom. The molecule has 1 saturated carbocycles. The molecule has 5 N–H and O–H groups in total. The first-order valence-electron chi connectivity index (χ1n) is 8.77. The lowest BCUT2D eigenvalue weighted by molar-refractivity contribution is -0.112. The first-order valence-corrected chi connectivity index (χ1v) is 9.15. The minimum absolute atomic E-state index is 0.250. The Morgan fingerprint density at radius 1 is 1.00 bits per heavy atom. The number of amides is 1. The summed E-state index contributed by atoms with van der Waals surface area (Å²) in [4.78, 5) is 16.4. The zero-order valence-corrected chi connectivity index (χ0v) is 15.2. The maximum absolute atomic E-state index is 12.3. The van der Waals surface area contributed by atoms with Gasteiger partial charge >= 0.3 is 0 Å². The summed E-state index contributed by atoms with van der Waals surface area (Å²) in [6.45, 7) is 0. The van der Waals surface area contributed by atoms with E-state index in [1.807, 2.05) is 24.3 Å². The highest BCUT2D eigenvalue weighted by molar-refractivity contribution is 6.31. The molecule has 136 valence electrons. The Morgan fingerprint density at radius 2 is 1.62 bits per heavy atom. The molecule has 0 spiro atoms. The van der Waals surface area contributed by atoms with Crippen LogP contribution in [0.4, 0.5) is 0 Å². The van der Waals surface area contributed by atoms with Crippen LogP contribution in [0.3, 0.4) is 0 Å². The van der Waals surface area contributed by atoms with E-state index in [1.54, 1.807) is 24.5 Å². The van der Waals surface area contributed by atoms with E-state index in [1.165, 1.54) is 0 Å². The third kappa shape index (κ3) is 4.42. The van der Waals surface area contributed by atoms with Crippen molar-refractivity contribution in [3.05, 3.63) is 64.9 Å². The van der Waals surface area contributed by atoms with Crippen LogP contribution in [0.5, 0.6) is 0 Å². The second kappa shape index (κ2) is 8.34. The second-order valence-electron chi connectivity index (χ2n) is 6.61. The van der Waals surface area contributed by atoms with E-state index in [4.69, 9.17) is 23.1 Å². The molecule has 6 heteroatoms. The maximum Gasteiger partial charge on any atom is 0.251 e. The van der Waals surface area contributed by atoms with E-state index < -0.39 is 5.91 Å². The van der Waals surface area contributed by atoms with Gasteiger partial charge in [-0.3, -0.25) is 9.78 Å². The van der Waals surface area contributed by atoms with Crippen molar-refractivity contribution in [3.8, 4) is 0 Å². The van der Waals surface area contributed by atoms with Crippen molar-refractivity contribution in [2.45, 2.75) is 37.8 Å². The third-order valence-electron chi connectivity index (χ3n) is 4.72. The van der Waals surface area contributed by atoms with Crippen molar-refractivity contribution < 1.29 is 4.79 Å². The van der Waals surface area contributed by atoms with Gasteiger partial charge in [0.1, 0.15) is 0 Å². The predicted octanol–water partition coefficient (Wildman–Crippen LogP) is 2.95. The fraction of sp³-hybridized carbons (Fsp3) is 0.300. The number of halogens is 1. The van der Waals surface area contributed by atoms with Crippen molar-refractivity contribution >= 4 is 28.8 Å². The number of hydrogen-bond donors (Lipinski definition) is 3. The van der Waals surface area contributed by atoms with Crippen LogP contribution in [0.2, 0.25) is 5.02 Å². The Balaban J connectivity index is 2.05. The highest BCUT2D eigenvalue weighted by atomic mass is 35.5. The molecule has 1 amide bonds. The molecule has 26 heavy (non-hydrogen) atoms. The van der Waals surface area contributed by atoms with E-state index in [2.05, 4.69) is 10.3 Å². The molecule has 1 aliphatic rings. The van der Waals surface area contributed by atoms with Gasteiger partial charge in [0.25, 0.3) is 5.91 Å². The Hall–Kier alpha value is -2.37. The number of aromatic nitrogens is 1. The van der Waals surface area contributed by atoms with E-state index in [9.17, 15) is 4.79 Å². The molecule has 0 saturated heterocycles. The Kier molecular flexibility index (Phi) is 5.91. The molecule has 0 radical (unpaired) electrons. The van der Waals surface area contributed by atoms with Crippen LogP contribution in [0, 0.1) is 0 Å². The maximum atomic E-state index is 12.3. The molecule has 3 rings (SSSR count). The minimum Gasteiger partial charge on any atom is -0.381 e. The molecule has 1 aliphatic carbocycles. The predicted molar refractivity (Wildman–Crippen MR) is 105 cm³/mol. The zero-order valence-electron chi connectivity index (χ0n) is 14.5. The van der Waals surface area contributed by atoms with E-state index in [-0.39, 0.29) is 12.1 Å².